The average Bonchev–Trinajstić information content (AvgIpc) is 2.44. The molecule has 0 bridgehead atoms. The summed E-state index contributed by atoms with van der Waals surface area (Å²) in [6.07, 6.45) is 0.206. The summed E-state index contributed by atoms with van der Waals surface area (Å²) < 4.78 is 31.8. The van der Waals surface area contributed by atoms with Gasteiger partial charge >= 0.3 is 0 Å². The van der Waals surface area contributed by atoms with Crippen LogP contribution in [0.2, 0.25) is 0 Å². The molecule has 0 aliphatic carbocycles. The molecule has 0 saturated carbocycles. The molecule has 0 amide bonds. The van der Waals surface area contributed by atoms with Crippen LogP contribution in [0.25, 0.3) is 0 Å². The van der Waals surface area contributed by atoms with E-state index in [1.165, 1.54) is 12.1 Å². The van der Waals surface area contributed by atoms with Gasteiger partial charge in [0.15, 0.2) is 0 Å². The zero-order valence-corrected chi connectivity index (χ0v) is 11.9. The minimum Gasteiger partial charge on any atom is -0.494 e. The number of benzene rings is 2. The van der Waals surface area contributed by atoms with Gasteiger partial charge in [-0.3, -0.25) is 0 Å². The summed E-state index contributed by atoms with van der Waals surface area (Å²) in [5.41, 5.74) is 1.08. The number of aliphatic hydroxyl groups is 1. The van der Waals surface area contributed by atoms with Gasteiger partial charge in [0, 0.05) is 12.5 Å². The smallest absolute Gasteiger partial charge is 0.126 e. The van der Waals surface area contributed by atoms with Crippen molar-refractivity contribution in [2.75, 3.05) is 6.61 Å². The lowest BCUT2D eigenvalue weighted by Crippen LogP contribution is -2.03. The van der Waals surface area contributed by atoms with Crippen molar-refractivity contribution in [3.8, 4) is 5.75 Å². The Balaban J connectivity index is 2.10. The van der Waals surface area contributed by atoms with Gasteiger partial charge in [-0.15, -0.1) is 0 Å². The van der Waals surface area contributed by atoms with Crippen LogP contribution in [-0.4, -0.2) is 11.7 Å². The fourth-order valence-electron chi connectivity index (χ4n) is 2.10. The lowest BCUT2D eigenvalue weighted by molar-refractivity contribution is 0.177. The van der Waals surface area contributed by atoms with E-state index < -0.39 is 17.7 Å². The Labute approximate surface area is 123 Å². The van der Waals surface area contributed by atoms with E-state index in [0.717, 1.165) is 12.5 Å². The molecule has 1 atom stereocenters. The Kier molecular flexibility index (Phi) is 5.28. The largest absolute Gasteiger partial charge is 0.494 e. The number of halogens is 2. The predicted octanol–water partition coefficient (Wildman–Crippen LogP) is 4.03. The molecule has 0 aliphatic heterocycles. The van der Waals surface area contributed by atoms with Gasteiger partial charge in [0.05, 0.1) is 12.7 Å². The summed E-state index contributed by atoms with van der Waals surface area (Å²) in [6.45, 7) is 2.62. The van der Waals surface area contributed by atoms with Gasteiger partial charge in [-0.1, -0.05) is 19.1 Å². The molecule has 0 radical (unpaired) electrons. The lowest BCUT2D eigenvalue weighted by Gasteiger charge is -2.13. The molecule has 112 valence electrons. The van der Waals surface area contributed by atoms with Crippen molar-refractivity contribution in [2.24, 2.45) is 0 Å². The lowest BCUT2D eigenvalue weighted by atomic mass is 10.0. The number of hydrogen-bond acceptors (Lipinski definition) is 2. The molecule has 0 fully saturated rings. The Hall–Kier alpha value is -1.94. The van der Waals surface area contributed by atoms with Crippen molar-refractivity contribution in [1.29, 1.82) is 0 Å². The third-order valence-electron chi connectivity index (χ3n) is 3.07. The van der Waals surface area contributed by atoms with Gasteiger partial charge < -0.3 is 9.84 Å². The minimum absolute atomic E-state index is 0.145. The van der Waals surface area contributed by atoms with Gasteiger partial charge in [0.1, 0.15) is 17.4 Å². The van der Waals surface area contributed by atoms with E-state index in [1.54, 1.807) is 18.2 Å². The summed E-state index contributed by atoms with van der Waals surface area (Å²) >= 11 is 0. The normalized spacial score (nSPS) is 12.2. The van der Waals surface area contributed by atoms with Crippen LogP contribution >= 0.6 is 0 Å². The van der Waals surface area contributed by atoms with Gasteiger partial charge in [0.25, 0.3) is 0 Å². The van der Waals surface area contributed by atoms with Gasteiger partial charge in [0.2, 0.25) is 0 Å². The third kappa shape index (κ3) is 4.53. The molecule has 2 aromatic rings. The predicted molar refractivity (Wildman–Crippen MR) is 77.2 cm³/mol. The highest BCUT2D eigenvalue weighted by atomic mass is 19.1. The maximum atomic E-state index is 13.1. The molecule has 2 aromatic carbocycles. The molecular weight excluding hydrogens is 274 g/mol. The van der Waals surface area contributed by atoms with Gasteiger partial charge in [-0.25, -0.2) is 8.78 Å². The Morgan fingerprint density at radius 2 is 1.81 bits per heavy atom. The summed E-state index contributed by atoms with van der Waals surface area (Å²) in [5, 5.41) is 10.2. The number of aliphatic hydroxyl groups excluding tert-OH is 1. The van der Waals surface area contributed by atoms with Crippen molar-refractivity contribution < 1.29 is 18.6 Å². The molecule has 0 aliphatic rings. The van der Waals surface area contributed by atoms with Crippen LogP contribution < -0.4 is 4.74 Å². The SMILES string of the molecule is CCCOc1cccc(C(O)Cc2cc(F)cc(F)c2)c1. The topological polar surface area (TPSA) is 29.5 Å². The first-order valence-electron chi connectivity index (χ1n) is 6.94. The number of rotatable bonds is 6. The molecule has 0 heterocycles. The summed E-state index contributed by atoms with van der Waals surface area (Å²) in [6, 6.07) is 10.4. The van der Waals surface area contributed by atoms with Crippen LogP contribution in [0.1, 0.15) is 30.6 Å². The highest BCUT2D eigenvalue weighted by molar-refractivity contribution is 5.31. The second kappa shape index (κ2) is 7.18. The first-order chi connectivity index (χ1) is 10.1. The van der Waals surface area contributed by atoms with E-state index >= 15 is 0 Å². The molecule has 1 N–H and O–H groups in total. The number of ether oxygens (including phenoxy) is 1. The van der Waals surface area contributed by atoms with E-state index in [4.69, 9.17) is 4.74 Å². The van der Waals surface area contributed by atoms with E-state index in [-0.39, 0.29) is 6.42 Å². The second-order valence-electron chi connectivity index (χ2n) is 4.92. The standard InChI is InChI=1S/C17H18F2O2/c1-2-6-21-16-5-3-4-13(10-16)17(20)9-12-7-14(18)11-15(19)8-12/h3-5,7-8,10-11,17,20H,2,6,9H2,1H3. The molecule has 21 heavy (non-hydrogen) atoms. The summed E-state index contributed by atoms with van der Waals surface area (Å²) in [5.74, 6) is -0.603. The summed E-state index contributed by atoms with van der Waals surface area (Å²) in [4.78, 5) is 0. The van der Waals surface area contributed by atoms with Crippen molar-refractivity contribution in [2.45, 2.75) is 25.9 Å². The molecule has 0 saturated heterocycles. The van der Waals surface area contributed by atoms with Crippen molar-refractivity contribution in [3.05, 3.63) is 65.2 Å². The molecule has 0 spiro atoms. The Morgan fingerprint density at radius 3 is 2.48 bits per heavy atom. The van der Waals surface area contributed by atoms with Gasteiger partial charge in [-0.05, 0) is 41.8 Å². The zero-order valence-electron chi connectivity index (χ0n) is 11.9. The highest BCUT2D eigenvalue weighted by Crippen LogP contribution is 2.23. The van der Waals surface area contributed by atoms with E-state index in [9.17, 15) is 13.9 Å². The molecule has 1 unspecified atom stereocenters. The third-order valence-corrected chi connectivity index (χ3v) is 3.07. The van der Waals surface area contributed by atoms with Crippen molar-refractivity contribution in [3.63, 3.8) is 0 Å². The second-order valence-corrected chi connectivity index (χ2v) is 4.92. The molecular formula is C17H18F2O2. The molecule has 2 rings (SSSR count). The number of hydrogen-bond donors (Lipinski definition) is 1. The monoisotopic (exact) mass is 292 g/mol. The minimum atomic E-state index is -0.837. The van der Waals surface area contributed by atoms with Crippen LogP contribution in [0.15, 0.2) is 42.5 Å². The van der Waals surface area contributed by atoms with E-state index in [2.05, 4.69) is 0 Å². The first-order valence-corrected chi connectivity index (χ1v) is 6.94. The molecule has 0 aromatic heterocycles. The van der Waals surface area contributed by atoms with Crippen LogP contribution in [0.5, 0.6) is 5.75 Å². The first kappa shape index (κ1) is 15.4. The van der Waals surface area contributed by atoms with Crippen LogP contribution in [0, 0.1) is 11.6 Å². The van der Waals surface area contributed by atoms with Crippen LogP contribution in [0.3, 0.4) is 0 Å². The quantitative estimate of drug-likeness (QED) is 0.871. The van der Waals surface area contributed by atoms with Crippen LogP contribution in [0.4, 0.5) is 8.78 Å². The van der Waals surface area contributed by atoms with Crippen LogP contribution in [-0.2, 0) is 6.42 Å². The fourth-order valence-corrected chi connectivity index (χ4v) is 2.10. The van der Waals surface area contributed by atoms with E-state index in [0.29, 0.717) is 23.5 Å². The summed E-state index contributed by atoms with van der Waals surface area (Å²) in [7, 11) is 0. The van der Waals surface area contributed by atoms with Crippen molar-refractivity contribution >= 4 is 0 Å². The average molecular weight is 292 g/mol. The van der Waals surface area contributed by atoms with Gasteiger partial charge in [-0.2, -0.15) is 0 Å². The Morgan fingerprint density at radius 1 is 1.10 bits per heavy atom. The maximum Gasteiger partial charge on any atom is 0.126 e. The zero-order chi connectivity index (χ0) is 15.2. The maximum absolute atomic E-state index is 13.1. The molecule has 4 heteroatoms. The van der Waals surface area contributed by atoms with Crippen molar-refractivity contribution in [1.82, 2.24) is 0 Å². The fraction of sp³-hybridized carbons (Fsp3) is 0.294. The molecule has 2 nitrogen and oxygen atoms in total. The highest BCUT2D eigenvalue weighted by Gasteiger charge is 2.11. The Bertz CT molecular complexity index is 579. The van der Waals surface area contributed by atoms with E-state index in [1.807, 2.05) is 13.0 Å².